The van der Waals surface area contributed by atoms with Crippen molar-refractivity contribution in [3.63, 3.8) is 0 Å². The van der Waals surface area contributed by atoms with Crippen LogP contribution in [0.5, 0.6) is 0 Å². The Morgan fingerprint density at radius 2 is 1.47 bits per heavy atom. The van der Waals surface area contributed by atoms with Gasteiger partial charge in [0.25, 0.3) is 0 Å². The Hall–Kier alpha value is 0.519. The molecule has 0 aromatic heterocycles. The van der Waals surface area contributed by atoms with Crippen LogP contribution >= 0.6 is 0 Å². The van der Waals surface area contributed by atoms with Gasteiger partial charge in [0, 0.05) is 0 Å². The van der Waals surface area contributed by atoms with E-state index in [-0.39, 0.29) is 0 Å². The van der Waals surface area contributed by atoms with E-state index in [0.29, 0.717) is 0 Å². The first kappa shape index (κ1) is 17.5. The Morgan fingerprint density at radius 3 is 1.88 bits per heavy atom. The van der Waals surface area contributed by atoms with Gasteiger partial charge in [0.15, 0.2) is 0 Å². The van der Waals surface area contributed by atoms with E-state index in [0.717, 1.165) is 36.3 Å². The first-order valence-electron chi connectivity index (χ1n) is 6.91. The fraction of sp³-hybridized carbons (Fsp3) is 0.733. The molecule has 0 aromatic rings. The molecule has 100 valence electrons. The SMILES string of the molecule is C=CCC=C([Se]CCCCC)[Se]CCCCC. The molecule has 0 saturated carbocycles. The van der Waals surface area contributed by atoms with Crippen molar-refractivity contribution in [1.29, 1.82) is 0 Å². The van der Waals surface area contributed by atoms with Crippen LogP contribution in [-0.4, -0.2) is 29.9 Å². The van der Waals surface area contributed by atoms with Crippen molar-refractivity contribution in [2.24, 2.45) is 0 Å². The van der Waals surface area contributed by atoms with Crippen molar-refractivity contribution in [3.05, 3.63) is 22.1 Å². The zero-order chi connectivity index (χ0) is 12.8. The molecular formula is C15H28Se2. The minimum atomic E-state index is 0.782. The van der Waals surface area contributed by atoms with Gasteiger partial charge in [-0.3, -0.25) is 0 Å². The molecule has 0 saturated heterocycles. The van der Waals surface area contributed by atoms with E-state index in [1.165, 1.54) is 49.2 Å². The van der Waals surface area contributed by atoms with Crippen LogP contribution in [-0.2, 0) is 0 Å². The summed E-state index contributed by atoms with van der Waals surface area (Å²) in [4.78, 5) is 0. The van der Waals surface area contributed by atoms with E-state index >= 15 is 0 Å². The molecule has 0 aromatic carbocycles. The maximum absolute atomic E-state index is 3.82. The van der Waals surface area contributed by atoms with Gasteiger partial charge in [0.1, 0.15) is 0 Å². The van der Waals surface area contributed by atoms with E-state index in [2.05, 4.69) is 26.5 Å². The van der Waals surface area contributed by atoms with E-state index in [1.807, 2.05) is 6.08 Å². The predicted molar refractivity (Wildman–Crippen MR) is 83.1 cm³/mol. The Morgan fingerprint density at radius 1 is 0.941 bits per heavy atom. The van der Waals surface area contributed by atoms with Gasteiger partial charge in [0.2, 0.25) is 0 Å². The molecule has 0 N–H and O–H groups in total. The van der Waals surface area contributed by atoms with Gasteiger partial charge in [-0.2, -0.15) is 0 Å². The average Bonchev–Trinajstić information content (AvgIpc) is 2.35. The molecule has 0 amide bonds. The van der Waals surface area contributed by atoms with Gasteiger partial charge in [-0.1, -0.05) is 0 Å². The average molecular weight is 366 g/mol. The third kappa shape index (κ3) is 12.8. The first-order valence-corrected chi connectivity index (χ1v) is 11.0. The van der Waals surface area contributed by atoms with Crippen LogP contribution in [0.3, 0.4) is 0 Å². The molecule has 0 radical (unpaired) electrons. The summed E-state index contributed by atoms with van der Waals surface area (Å²) in [6.45, 7) is 8.40. The molecule has 2 heteroatoms. The van der Waals surface area contributed by atoms with Crippen molar-refractivity contribution in [3.8, 4) is 0 Å². The predicted octanol–water partition coefficient (Wildman–Crippen LogP) is 5.03. The molecule has 0 atom stereocenters. The van der Waals surface area contributed by atoms with Gasteiger partial charge in [-0.05, 0) is 0 Å². The Kier molecular flexibility index (Phi) is 15.0. The number of rotatable bonds is 12. The summed E-state index contributed by atoms with van der Waals surface area (Å²) in [5.74, 6) is 0. The summed E-state index contributed by atoms with van der Waals surface area (Å²) < 4.78 is 1.80. The second-order valence-corrected chi connectivity index (χ2v) is 10.2. The maximum atomic E-state index is 3.82. The Labute approximate surface area is 121 Å². The number of unbranched alkanes of at least 4 members (excludes halogenated alkanes) is 4. The Balaban J connectivity index is 3.76. The summed E-state index contributed by atoms with van der Waals surface area (Å²) in [7, 11) is 0. The van der Waals surface area contributed by atoms with E-state index in [1.54, 1.807) is 3.37 Å². The van der Waals surface area contributed by atoms with Crippen LogP contribution in [0.25, 0.3) is 0 Å². The van der Waals surface area contributed by atoms with Crippen molar-refractivity contribution in [1.82, 2.24) is 0 Å². The van der Waals surface area contributed by atoms with Gasteiger partial charge < -0.3 is 0 Å². The molecule has 17 heavy (non-hydrogen) atoms. The molecule has 0 spiro atoms. The molecule has 0 rings (SSSR count). The normalized spacial score (nSPS) is 10.2. The van der Waals surface area contributed by atoms with Crippen molar-refractivity contribution < 1.29 is 0 Å². The number of hydrogen-bond donors (Lipinski definition) is 0. The van der Waals surface area contributed by atoms with Gasteiger partial charge in [-0.25, -0.2) is 0 Å². The van der Waals surface area contributed by atoms with Crippen LogP contribution in [0.2, 0.25) is 10.6 Å². The van der Waals surface area contributed by atoms with Gasteiger partial charge >= 0.3 is 121 Å². The summed E-state index contributed by atoms with van der Waals surface area (Å²) in [5.41, 5.74) is 0. The van der Waals surface area contributed by atoms with Crippen molar-refractivity contribution in [2.75, 3.05) is 0 Å². The molecular weight excluding hydrogens is 338 g/mol. The molecule has 0 bridgehead atoms. The summed E-state index contributed by atoms with van der Waals surface area (Å²) in [6.07, 6.45) is 14.0. The summed E-state index contributed by atoms with van der Waals surface area (Å²) in [6, 6.07) is 0. The number of hydrogen-bond acceptors (Lipinski definition) is 0. The fourth-order valence-corrected chi connectivity index (χ4v) is 7.49. The van der Waals surface area contributed by atoms with Crippen molar-refractivity contribution in [2.45, 2.75) is 69.4 Å². The molecule has 0 nitrogen and oxygen atoms in total. The van der Waals surface area contributed by atoms with Gasteiger partial charge in [-0.15, -0.1) is 0 Å². The molecule has 0 aliphatic heterocycles. The first-order chi connectivity index (χ1) is 8.35. The van der Waals surface area contributed by atoms with E-state index in [4.69, 9.17) is 0 Å². The topological polar surface area (TPSA) is 0 Å². The molecule has 0 fully saturated rings. The molecule has 0 aliphatic carbocycles. The molecule has 0 heterocycles. The fourth-order valence-electron chi connectivity index (χ4n) is 1.39. The second kappa shape index (κ2) is 14.6. The molecule has 0 aliphatic rings. The minimum absolute atomic E-state index is 0.782. The monoisotopic (exact) mass is 368 g/mol. The molecule has 0 unspecified atom stereocenters. The van der Waals surface area contributed by atoms with Crippen LogP contribution in [0.15, 0.2) is 22.1 Å². The van der Waals surface area contributed by atoms with Crippen LogP contribution in [0.4, 0.5) is 0 Å². The van der Waals surface area contributed by atoms with Gasteiger partial charge in [0.05, 0.1) is 0 Å². The van der Waals surface area contributed by atoms with Crippen LogP contribution < -0.4 is 0 Å². The van der Waals surface area contributed by atoms with E-state index in [9.17, 15) is 0 Å². The Bertz CT molecular complexity index is 183. The summed E-state index contributed by atoms with van der Waals surface area (Å²) >= 11 is 1.56. The zero-order valence-corrected chi connectivity index (χ0v) is 15.0. The van der Waals surface area contributed by atoms with E-state index < -0.39 is 0 Å². The number of allylic oxidation sites excluding steroid dienone is 2. The quantitative estimate of drug-likeness (QED) is 0.258. The van der Waals surface area contributed by atoms with Crippen molar-refractivity contribution >= 4 is 29.9 Å². The zero-order valence-electron chi connectivity index (χ0n) is 11.5. The third-order valence-electron chi connectivity index (χ3n) is 2.44. The standard InChI is InChI=1S/C15H28Se2/c1-4-7-10-13-16-15(12-9-6-3)17-14-11-8-5-2/h6,12H,3-5,7-11,13-14H2,1-2H3. The van der Waals surface area contributed by atoms with Crippen LogP contribution in [0, 0.1) is 0 Å². The summed E-state index contributed by atoms with van der Waals surface area (Å²) in [5, 5.41) is 2.92. The third-order valence-corrected chi connectivity index (χ3v) is 8.97. The second-order valence-electron chi connectivity index (χ2n) is 4.16. The van der Waals surface area contributed by atoms with Crippen LogP contribution in [0.1, 0.15) is 58.8 Å².